The van der Waals surface area contributed by atoms with Gasteiger partial charge in [-0.25, -0.2) is 4.79 Å². The van der Waals surface area contributed by atoms with E-state index in [1.807, 2.05) is 38.1 Å². The van der Waals surface area contributed by atoms with Crippen LogP contribution in [0.25, 0.3) is 0 Å². The molecule has 1 amide bonds. The van der Waals surface area contributed by atoms with Gasteiger partial charge in [-0.1, -0.05) is 36.8 Å². The third-order valence-electron chi connectivity index (χ3n) is 3.95. The van der Waals surface area contributed by atoms with Crippen LogP contribution in [0.2, 0.25) is 0 Å². The second-order valence-corrected chi connectivity index (χ2v) is 5.73. The smallest absolute Gasteiger partial charge is 0.326 e. The van der Waals surface area contributed by atoms with Crippen LogP contribution >= 0.6 is 0 Å². The Morgan fingerprint density at radius 2 is 1.95 bits per heavy atom. The van der Waals surface area contributed by atoms with Crippen LogP contribution in [0.4, 0.5) is 0 Å². The third kappa shape index (κ3) is 3.38. The fourth-order valence-electron chi connectivity index (χ4n) is 2.66. The number of piperidine rings is 1. The van der Waals surface area contributed by atoms with Gasteiger partial charge in [0.2, 0.25) is 5.91 Å². The maximum Gasteiger partial charge on any atom is 0.326 e. The zero-order valence-corrected chi connectivity index (χ0v) is 12.0. The van der Waals surface area contributed by atoms with Crippen molar-refractivity contribution in [3.8, 4) is 0 Å². The molecular formula is C16H21NO3. The lowest BCUT2D eigenvalue weighted by Crippen LogP contribution is -2.50. The molecule has 1 fully saturated rings. The predicted octanol–water partition coefficient (Wildman–Crippen LogP) is 2.25. The zero-order chi connectivity index (χ0) is 14.7. The fourth-order valence-corrected chi connectivity index (χ4v) is 2.66. The van der Waals surface area contributed by atoms with E-state index in [-0.39, 0.29) is 12.3 Å². The minimum absolute atomic E-state index is 0.0897. The normalized spacial score (nSPS) is 22.6. The zero-order valence-electron chi connectivity index (χ0n) is 12.0. The molecular weight excluding hydrogens is 254 g/mol. The number of carbonyl (C=O) groups excluding carboxylic acids is 1. The molecule has 0 saturated carbocycles. The molecule has 0 aromatic heterocycles. The van der Waals surface area contributed by atoms with Crippen LogP contribution in [-0.4, -0.2) is 34.5 Å². The molecule has 1 aromatic rings. The molecule has 20 heavy (non-hydrogen) atoms. The number of rotatable bonds is 3. The van der Waals surface area contributed by atoms with Crippen molar-refractivity contribution in [3.63, 3.8) is 0 Å². The lowest BCUT2D eigenvalue weighted by atomic mass is 9.92. The van der Waals surface area contributed by atoms with Gasteiger partial charge in [0.05, 0.1) is 6.42 Å². The summed E-state index contributed by atoms with van der Waals surface area (Å²) >= 11 is 0. The molecule has 1 aliphatic rings. The number of carboxylic acids is 1. The maximum absolute atomic E-state index is 12.3. The predicted molar refractivity (Wildman–Crippen MR) is 76.4 cm³/mol. The largest absolute Gasteiger partial charge is 0.480 e. The van der Waals surface area contributed by atoms with Gasteiger partial charge in [-0.15, -0.1) is 0 Å². The molecule has 2 rings (SSSR count). The first-order valence-electron chi connectivity index (χ1n) is 7.05. The Kier molecular flexibility index (Phi) is 4.42. The van der Waals surface area contributed by atoms with E-state index in [1.54, 1.807) is 0 Å². The molecule has 108 valence electrons. The molecule has 1 heterocycles. The molecule has 2 atom stereocenters. The van der Waals surface area contributed by atoms with Gasteiger partial charge in [0, 0.05) is 6.54 Å². The molecule has 0 radical (unpaired) electrons. The van der Waals surface area contributed by atoms with Gasteiger partial charge in [0.1, 0.15) is 6.04 Å². The number of benzene rings is 1. The average molecular weight is 275 g/mol. The summed E-state index contributed by atoms with van der Waals surface area (Å²) in [6.07, 6.45) is 1.71. The average Bonchev–Trinajstić information content (AvgIpc) is 2.41. The Morgan fingerprint density at radius 3 is 2.55 bits per heavy atom. The number of aliphatic carboxylic acids is 1. The van der Waals surface area contributed by atoms with E-state index in [9.17, 15) is 14.7 Å². The van der Waals surface area contributed by atoms with Gasteiger partial charge >= 0.3 is 5.97 Å². The summed E-state index contributed by atoms with van der Waals surface area (Å²) in [6.45, 7) is 4.58. The highest BCUT2D eigenvalue weighted by Crippen LogP contribution is 2.23. The summed E-state index contributed by atoms with van der Waals surface area (Å²) in [4.78, 5) is 25.2. The van der Waals surface area contributed by atoms with E-state index in [4.69, 9.17) is 0 Å². The van der Waals surface area contributed by atoms with Gasteiger partial charge in [0.25, 0.3) is 0 Å². The lowest BCUT2D eigenvalue weighted by Gasteiger charge is -2.36. The Hall–Kier alpha value is -1.84. The molecule has 0 bridgehead atoms. The summed E-state index contributed by atoms with van der Waals surface area (Å²) in [5, 5.41) is 9.28. The van der Waals surface area contributed by atoms with Crippen LogP contribution < -0.4 is 0 Å². The van der Waals surface area contributed by atoms with Gasteiger partial charge in [-0.05, 0) is 31.2 Å². The van der Waals surface area contributed by atoms with Crippen molar-refractivity contribution in [2.75, 3.05) is 6.54 Å². The van der Waals surface area contributed by atoms with Crippen molar-refractivity contribution < 1.29 is 14.7 Å². The topological polar surface area (TPSA) is 57.6 Å². The Balaban J connectivity index is 2.06. The standard InChI is InChI=1S/C16H21NO3/c1-11-3-5-13(6-4-11)10-15(18)17-8-7-12(2)9-14(17)16(19)20/h3-6,12,14H,7-10H2,1-2H3,(H,19,20). The molecule has 1 saturated heterocycles. The number of carbonyl (C=O) groups is 2. The van der Waals surface area contributed by atoms with Gasteiger partial charge in [-0.3, -0.25) is 4.79 Å². The number of carboxylic acid groups (broad SMARTS) is 1. The van der Waals surface area contributed by atoms with Crippen LogP contribution in [0.1, 0.15) is 30.9 Å². The van der Waals surface area contributed by atoms with E-state index in [2.05, 4.69) is 0 Å². The minimum Gasteiger partial charge on any atom is -0.480 e. The van der Waals surface area contributed by atoms with E-state index < -0.39 is 12.0 Å². The van der Waals surface area contributed by atoms with Crippen LogP contribution in [-0.2, 0) is 16.0 Å². The molecule has 4 heteroatoms. The Labute approximate surface area is 119 Å². The first kappa shape index (κ1) is 14.6. The minimum atomic E-state index is -0.895. The molecule has 0 aliphatic carbocycles. The van der Waals surface area contributed by atoms with Crippen molar-refractivity contribution in [3.05, 3.63) is 35.4 Å². The van der Waals surface area contributed by atoms with Crippen LogP contribution in [0.3, 0.4) is 0 Å². The number of aryl methyl sites for hydroxylation is 1. The highest BCUT2D eigenvalue weighted by atomic mass is 16.4. The second-order valence-electron chi connectivity index (χ2n) is 5.73. The van der Waals surface area contributed by atoms with Gasteiger partial charge < -0.3 is 10.0 Å². The van der Waals surface area contributed by atoms with Crippen molar-refractivity contribution in [1.29, 1.82) is 0 Å². The molecule has 0 spiro atoms. The summed E-state index contributed by atoms with van der Waals surface area (Å²) < 4.78 is 0. The molecule has 1 N–H and O–H groups in total. The number of hydrogen-bond acceptors (Lipinski definition) is 2. The van der Waals surface area contributed by atoms with E-state index in [0.29, 0.717) is 18.9 Å². The van der Waals surface area contributed by atoms with Crippen LogP contribution in [0, 0.1) is 12.8 Å². The third-order valence-corrected chi connectivity index (χ3v) is 3.95. The number of nitrogens with zero attached hydrogens (tertiary/aromatic N) is 1. The quantitative estimate of drug-likeness (QED) is 0.920. The van der Waals surface area contributed by atoms with E-state index in [0.717, 1.165) is 17.5 Å². The Morgan fingerprint density at radius 1 is 1.30 bits per heavy atom. The molecule has 2 unspecified atom stereocenters. The summed E-state index contributed by atoms with van der Waals surface area (Å²) in [6, 6.07) is 7.12. The summed E-state index contributed by atoms with van der Waals surface area (Å²) in [7, 11) is 0. The van der Waals surface area contributed by atoms with E-state index in [1.165, 1.54) is 4.90 Å². The number of likely N-dealkylation sites (tertiary alicyclic amines) is 1. The first-order chi connectivity index (χ1) is 9.47. The highest BCUT2D eigenvalue weighted by Gasteiger charge is 2.34. The number of amides is 1. The Bertz CT molecular complexity index is 495. The molecule has 4 nitrogen and oxygen atoms in total. The van der Waals surface area contributed by atoms with Gasteiger partial charge in [-0.2, -0.15) is 0 Å². The van der Waals surface area contributed by atoms with Crippen LogP contribution in [0.5, 0.6) is 0 Å². The first-order valence-corrected chi connectivity index (χ1v) is 7.05. The van der Waals surface area contributed by atoms with Crippen molar-refractivity contribution in [2.45, 2.75) is 39.2 Å². The maximum atomic E-state index is 12.3. The van der Waals surface area contributed by atoms with Crippen molar-refractivity contribution in [1.82, 2.24) is 4.90 Å². The lowest BCUT2D eigenvalue weighted by molar-refractivity contribution is -0.152. The summed E-state index contributed by atoms with van der Waals surface area (Å²) in [5.74, 6) is -0.624. The van der Waals surface area contributed by atoms with Crippen LogP contribution in [0.15, 0.2) is 24.3 Å². The monoisotopic (exact) mass is 275 g/mol. The second kappa shape index (κ2) is 6.07. The van der Waals surface area contributed by atoms with Crippen molar-refractivity contribution in [2.24, 2.45) is 5.92 Å². The summed E-state index contributed by atoms with van der Waals surface area (Å²) in [5.41, 5.74) is 2.08. The van der Waals surface area contributed by atoms with Crippen molar-refractivity contribution >= 4 is 11.9 Å². The fraction of sp³-hybridized carbons (Fsp3) is 0.500. The number of hydrogen-bond donors (Lipinski definition) is 1. The van der Waals surface area contributed by atoms with E-state index >= 15 is 0 Å². The van der Waals surface area contributed by atoms with Gasteiger partial charge in [0.15, 0.2) is 0 Å². The highest BCUT2D eigenvalue weighted by molar-refractivity contribution is 5.85. The molecule has 1 aliphatic heterocycles. The SMILES string of the molecule is Cc1ccc(CC(=O)N2CCC(C)CC2C(=O)O)cc1. The molecule has 1 aromatic carbocycles.